The van der Waals surface area contributed by atoms with Gasteiger partial charge in [0.25, 0.3) is 0 Å². The first-order valence-electron chi connectivity index (χ1n) is 18.2. The number of benzene rings is 7. The molecular weight excluding hydrogens is 647 g/mol. The van der Waals surface area contributed by atoms with Crippen LogP contribution in [0.25, 0.3) is 94.5 Å². The van der Waals surface area contributed by atoms with Crippen LogP contribution >= 0.6 is 0 Å². The zero-order valence-corrected chi connectivity index (χ0v) is 29.3. The molecule has 3 heterocycles. The molecule has 250 valence electrons. The van der Waals surface area contributed by atoms with Crippen LogP contribution in [-0.2, 0) is 5.41 Å². The average Bonchev–Trinajstić information content (AvgIpc) is 3.84. The summed E-state index contributed by atoms with van der Waals surface area (Å²) in [5.74, 6) is 0.709. The molecule has 53 heavy (non-hydrogen) atoms. The summed E-state index contributed by atoms with van der Waals surface area (Å²) in [6.45, 7) is 4.75. The van der Waals surface area contributed by atoms with Crippen LogP contribution in [0, 0.1) is 0 Å². The van der Waals surface area contributed by atoms with E-state index >= 15 is 0 Å². The quantitative estimate of drug-likeness (QED) is 0.186. The molecule has 0 bridgehead atoms. The third kappa shape index (κ3) is 4.30. The number of fused-ring (bicyclic) bond motifs is 12. The van der Waals surface area contributed by atoms with Gasteiger partial charge in [0, 0.05) is 44.0 Å². The molecule has 11 rings (SSSR count). The monoisotopic (exact) mass is 679 g/mol. The van der Waals surface area contributed by atoms with Crippen molar-refractivity contribution in [2.24, 2.45) is 0 Å². The highest BCUT2D eigenvalue weighted by Gasteiger charge is 2.41. The van der Waals surface area contributed by atoms with Gasteiger partial charge in [-0.3, -0.25) is 0 Å². The van der Waals surface area contributed by atoms with Gasteiger partial charge in [-0.25, -0.2) is 9.97 Å². The van der Waals surface area contributed by atoms with Crippen molar-refractivity contribution in [2.45, 2.75) is 19.3 Å². The van der Waals surface area contributed by atoms with Gasteiger partial charge >= 0.3 is 0 Å². The molecule has 0 unspecified atom stereocenters. The second-order valence-electron chi connectivity index (χ2n) is 14.5. The normalized spacial score (nSPS) is 13.2. The number of rotatable bonds is 4. The van der Waals surface area contributed by atoms with E-state index in [0.717, 1.165) is 61.2 Å². The van der Waals surface area contributed by atoms with E-state index in [1.165, 1.54) is 38.5 Å². The van der Waals surface area contributed by atoms with E-state index in [1.54, 1.807) is 0 Å². The lowest BCUT2D eigenvalue weighted by atomic mass is 9.81. The summed E-state index contributed by atoms with van der Waals surface area (Å²) in [4.78, 5) is 10.1. The highest BCUT2D eigenvalue weighted by molar-refractivity contribution is 6.30. The first-order valence-corrected chi connectivity index (χ1v) is 18.2. The molecular formula is C49H33N3O. The highest BCUT2D eigenvalue weighted by Crippen LogP contribution is 2.57. The molecule has 7 aromatic carbocycles. The van der Waals surface area contributed by atoms with E-state index in [0.29, 0.717) is 5.82 Å². The van der Waals surface area contributed by atoms with Crippen molar-refractivity contribution < 1.29 is 4.42 Å². The van der Waals surface area contributed by atoms with Crippen LogP contribution in [-0.4, -0.2) is 14.5 Å². The lowest BCUT2D eigenvalue weighted by Crippen LogP contribution is -2.16. The molecule has 0 amide bonds. The van der Waals surface area contributed by atoms with Crippen LogP contribution in [0.3, 0.4) is 0 Å². The fraction of sp³-hybridized carbons (Fsp3) is 0.0612. The lowest BCUT2D eigenvalue weighted by Gasteiger charge is -2.24. The predicted molar refractivity (Wildman–Crippen MR) is 218 cm³/mol. The maximum Gasteiger partial charge on any atom is 0.160 e. The minimum Gasteiger partial charge on any atom is -0.455 e. The molecule has 0 fully saturated rings. The molecule has 0 saturated carbocycles. The van der Waals surface area contributed by atoms with Gasteiger partial charge in [-0.15, -0.1) is 0 Å². The van der Waals surface area contributed by atoms with Crippen LogP contribution in [0.15, 0.2) is 168 Å². The van der Waals surface area contributed by atoms with Gasteiger partial charge in [0.2, 0.25) is 0 Å². The Labute approximate surface area is 306 Å². The molecule has 1 aliphatic rings. The summed E-state index contributed by atoms with van der Waals surface area (Å²) in [6.07, 6.45) is 0. The Kier molecular flexibility index (Phi) is 6.27. The van der Waals surface area contributed by atoms with Gasteiger partial charge in [-0.2, -0.15) is 0 Å². The molecule has 0 atom stereocenters. The number of aromatic nitrogens is 3. The lowest BCUT2D eigenvalue weighted by molar-refractivity contribution is 0.662. The van der Waals surface area contributed by atoms with Crippen LogP contribution in [0.2, 0.25) is 0 Å². The van der Waals surface area contributed by atoms with Crippen LogP contribution < -0.4 is 0 Å². The van der Waals surface area contributed by atoms with Crippen molar-refractivity contribution in [3.8, 4) is 50.7 Å². The van der Waals surface area contributed by atoms with Crippen LogP contribution in [0.1, 0.15) is 25.0 Å². The number of hydrogen-bond acceptors (Lipinski definition) is 3. The van der Waals surface area contributed by atoms with Gasteiger partial charge in [0.15, 0.2) is 5.82 Å². The number of para-hydroxylation sites is 2. The number of hydrogen-bond donors (Lipinski definition) is 0. The summed E-state index contributed by atoms with van der Waals surface area (Å²) in [5, 5.41) is 4.70. The molecule has 0 aliphatic heterocycles. The standard InChI is InChI=1S/C49H33N3O/c1-49(2)37-22-12-9-19-34(37)42-43-36-21-11-14-24-41(36)53-47(43)44-35-20-10-13-23-40(35)52(46(44)45(42)49)33-27-25-31(26-28-33)39-29-38(30-15-5-3-6-16-30)50-48(51-39)32-17-7-4-8-18-32/h3-29H,1-2H3. The van der Waals surface area contributed by atoms with E-state index < -0.39 is 0 Å². The van der Waals surface area contributed by atoms with Crippen molar-refractivity contribution in [3.05, 3.63) is 175 Å². The topological polar surface area (TPSA) is 43.9 Å². The van der Waals surface area contributed by atoms with E-state index in [4.69, 9.17) is 14.4 Å². The fourth-order valence-corrected chi connectivity index (χ4v) is 8.80. The summed E-state index contributed by atoms with van der Waals surface area (Å²) in [5.41, 5.74) is 15.1. The van der Waals surface area contributed by atoms with E-state index in [2.05, 4.69) is 158 Å². The zero-order valence-electron chi connectivity index (χ0n) is 29.3. The second-order valence-corrected chi connectivity index (χ2v) is 14.5. The van der Waals surface area contributed by atoms with Gasteiger partial charge in [0.05, 0.1) is 27.8 Å². The van der Waals surface area contributed by atoms with Gasteiger partial charge in [0.1, 0.15) is 11.2 Å². The van der Waals surface area contributed by atoms with Gasteiger partial charge < -0.3 is 8.98 Å². The molecule has 10 aromatic rings. The average molecular weight is 680 g/mol. The number of furan rings is 1. The smallest absolute Gasteiger partial charge is 0.160 e. The Hall–Kier alpha value is -6.78. The Bertz CT molecular complexity index is 3000. The fourth-order valence-electron chi connectivity index (χ4n) is 8.80. The Morgan fingerprint density at radius 1 is 0.547 bits per heavy atom. The summed E-state index contributed by atoms with van der Waals surface area (Å²) in [6, 6.07) is 57.7. The second kappa shape index (κ2) is 11.1. The van der Waals surface area contributed by atoms with Crippen LogP contribution in [0.5, 0.6) is 0 Å². The van der Waals surface area contributed by atoms with Crippen LogP contribution in [0.4, 0.5) is 0 Å². The maximum atomic E-state index is 6.88. The van der Waals surface area contributed by atoms with Gasteiger partial charge in [-0.05, 0) is 52.6 Å². The Morgan fingerprint density at radius 2 is 1.15 bits per heavy atom. The highest BCUT2D eigenvalue weighted by atomic mass is 16.3. The molecule has 4 nitrogen and oxygen atoms in total. The van der Waals surface area contributed by atoms with E-state index in [9.17, 15) is 0 Å². The summed E-state index contributed by atoms with van der Waals surface area (Å²) < 4.78 is 9.33. The molecule has 1 aliphatic carbocycles. The van der Waals surface area contributed by atoms with Crippen molar-refractivity contribution in [2.75, 3.05) is 0 Å². The summed E-state index contributed by atoms with van der Waals surface area (Å²) in [7, 11) is 0. The minimum absolute atomic E-state index is 0.245. The van der Waals surface area contributed by atoms with Crippen molar-refractivity contribution >= 4 is 43.7 Å². The van der Waals surface area contributed by atoms with Gasteiger partial charge in [-0.1, -0.05) is 147 Å². The molecule has 3 aromatic heterocycles. The molecule has 0 spiro atoms. The minimum atomic E-state index is -0.245. The first-order chi connectivity index (χ1) is 26.1. The molecule has 0 saturated heterocycles. The largest absolute Gasteiger partial charge is 0.455 e. The van der Waals surface area contributed by atoms with E-state index in [1.807, 2.05) is 24.3 Å². The maximum absolute atomic E-state index is 6.88. The molecule has 0 radical (unpaired) electrons. The molecule has 0 N–H and O–H groups in total. The van der Waals surface area contributed by atoms with Crippen molar-refractivity contribution in [1.82, 2.24) is 14.5 Å². The van der Waals surface area contributed by atoms with Crippen molar-refractivity contribution in [3.63, 3.8) is 0 Å². The zero-order chi connectivity index (χ0) is 35.3. The predicted octanol–water partition coefficient (Wildman–Crippen LogP) is 12.8. The van der Waals surface area contributed by atoms with Crippen molar-refractivity contribution in [1.29, 1.82) is 0 Å². The third-order valence-electron chi connectivity index (χ3n) is 11.2. The van der Waals surface area contributed by atoms with E-state index in [-0.39, 0.29) is 5.41 Å². The SMILES string of the molecule is CC1(C)c2ccccc2-c2c1c1c(c3ccccc3n1-c1ccc(-c3cc(-c4ccccc4)nc(-c4ccccc4)n3)cc1)c1oc3ccccc3c21. The Balaban J connectivity index is 1.18. The Morgan fingerprint density at radius 3 is 1.91 bits per heavy atom. The third-order valence-corrected chi connectivity index (χ3v) is 11.2. The number of nitrogens with zero attached hydrogens (tertiary/aromatic N) is 3. The summed E-state index contributed by atoms with van der Waals surface area (Å²) >= 11 is 0. The molecule has 4 heteroatoms. The first kappa shape index (κ1) is 29.9.